The van der Waals surface area contributed by atoms with Crippen LogP contribution in [0.5, 0.6) is 0 Å². The van der Waals surface area contributed by atoms with Crippen molar-refractivity contribution in [3.8, 4) is 0 Å². The molecule has 0 aliphatic carbocycles. The molecule has 4 nitrogen and oxygen atoms in total. The maximum atomic E-state index is 13.8. The Morgan fingerprint density at radius 2 is 1.55 bits per heavy atom. The van der Waals surface area contributed by atoms with Crippen LogP contribution in [0.2, 0.25) is 20.1 Å². The van der Waals surface area contributed by atoms with Crippen molar-refractivity contribution in [2.24, 2.45) is 0 Å². The molecule has 0 radical (unpaired) electrons. The van der Waals surface area contributed by atoms with Crippen molar-refractivity contribution < 1.29 is 9.59 Å². The summed E-state index contributed by atoms with van der Waals surface area (Å²) in [4.78, 5) is 29.0. The van der Waals surface area contributed by atoms with Gasteiger partial charge in [0.2, 0.25) is 11.8 Å². The van der Waals surface area contributed by atoms with Crippen LogP contribution in [0.25, 0.3) is 0 Å². The maximum Gasteiger partial charge on any atom is 0.243 e. The normalized spacial score (nSPS) is 12.2. The number of halogens is 4. The van der Waals surface area contributed by atoms with Gasteiger partial charge in [0.15, 0.2) is 0 Å². The molecule has 2 amide bonds. The molecule has 0 bridgehead atoms. The van der Waals surface area contributed by atoms with E-state index in [9.17, 15) is 9.59 Å². The summed E-state index contributed by atoms with van der Waals surface area (Å²) in [5, 5.41) is 5.08. The maximum absolute atomic E-state index is 13.8. The fraction of sp³-hybridized carbons (Fsp3) is 0.310. The quantitative estimate of drug-likeness (QED) is 0.252. The van der Waals surface area contributed by atoms with Crippen molar-refractivity contribution in [3.05, 3.63) is 104 Å². The van der Waals surface area contributed by atoms with E-state index in [1.807, 2.05) is 51.1 Å². The lowest BCUT2D eigenvalue weighted by Gasteiger charge is -2.34. The number of hydrogen-bond acceptors (Lipinski definition) is 3. The molecule has 9 heteroatoms. The minimum atomic E-state index is -0.764. The van der Waals surface area contributed by atoms with Gasteiger partial charge in [-0.05, 0) is 61.7 Å². The van der Waals surface area contributed by atoms with Crippen LogP contribution < -0.4 is 5.32 Å². The lowest BCUT2D eigenvalue weighted by molar-refractivity contribution is -0.140. The second kappa shape index (κ2) is 14.0. The summed E-state index contributed by atoms with van der Waals surface area (Å²) in [5.74, 6) is 0.145. The van der Waals surface area contributed by atoms with Gasteiger partial charge in [-0.1, -0.05) is 88.9 Å². The first-order valence-corrected chi connectivity index (χ1v) is 14.7. The molecule has 0 heterocycles. The number of hydrogen-bond donors (Lipinski definition) is 1. The summed E-state index contributed by atoms with van der Waals surface area (Å²) in [6.45, 7) is 5.89. The highest BCUT2D eigenvalue weighted by Gasteiger charge is 2.32. The third-order valence-corrected chi connectivity index (χ3v) is 7.90. The molecule has 0 aliphatic heterocycles. The van der Waals surface area contributed by atoms with Gasteiger partial charge in [-0.3, -0.25) is 9.59 Å². The molecule has 0 saturated heterocycles. The van der Waals surface area contributed by atoms with Gasteiger partial charge >= 0.3 is 0 Å². The first-order valence-electron chi connectivity index (χ1n) is 12.0. The number of carbonyl (C=O) groups excluding carboxylic acids is 2. The van der Waals surface area contributed by atoms with Crippen LogP contribution in [0, 0.1) is 0 Å². The molecule has 0 fully saturated rings. The Balaban J connectivity index is 1.92. The summed E-state index contributed by atoms with van der Waals surface area (Å²) >= 11 is 26.6. The van der Waals surface area contributed by atoms with E-state index in [1.54, 1.807) is 41.3 Å². The Morgan fingerprint density at radius 1 is 0.895 bits per heavy atom. The van der Waals surface area contributed by atoms with Crippen LogP contribution in [0.3, 0.4) is 0 Å². The average Bonchev–Trinajstić information content (AvgIpc) is 2.83. The summed E-state index contributed by atoms with van der Waals surface area (Å²) in [7, 11) is 0. The minimum Gasteiger partial charge on any atom is -0.350 e. The number of thioether (sulfide) groups is 1. The van der Waals surface area contributed by atoms with Crippen LogP contribution in [0.4, 0.5) is 0 Å². The molecular weight excluding hydrogens is 582 g/mol. The number of carbonyl (C=O) groups is 2. The van der Waals surface area contributed by atoms with E-state index in [1.165, 1.54) is 11.8 Å². The number of benzene rings is 3. The van der Waals surface area contributed by atoms with Crippen LogP contribution in [-0.4, -0.2) is 34.0 Å². The Labute approximate surface area is 249 Å². The van der Waals surface area contributed by atoms with Gasteiger partial charge in [-0.25, -0.2) is 0 Å². The molecule has 0 aliphatic rings. The average molecular weight is 612 g/mol. The standard InChI is InChI=1S/C29H30Cl4N2O2S/c1-29(2,3)34-28(37)26(14-19-8-5-4-6-9-19)35(16-20-12-13-21(30)15-25(20)33)27(36)18-38-17-22-23(31)10-7-11-24(22)32/h4-13,15,26H,14,16-18H2,1-3H3,(H,34,37). The Bertz CT molecular complexity index is 1240. The van der Waals surface area contributed by atoms with Gasteiger partial charge in [0.1, 0.15) is 6.04 Å². The predicted octanol–water partition coefficient (Wildman–Crippen LogP) is 8.09. The molecule has 1 unspecified atom stereocenters. The summed E-state index contributed by atoms with van der Waals surface area (Å²) in [6, 6.07) is 19.3. The van der Waals surface area contributed by atoms with Crippen molar-refractivity contribution in [1.29, 1.82) is 0 Å². The van der Waals surface area contributed by atoms with Gasteiger partial charge in [0.25, 0.3) is 0 Å². The highest BCUT2D eigenvalue weighted by Crippen LogP contribution is 2.29. The lowest BCUT2D eigenvalue weighted by atomic mass is 10.0. The molecule has 3 rings (SSSR count). The highest BCUT2D eigenvalue weighted by molar-refractivity contribution is 7.99. The van der Waals surface area contributed by atoms with E-state index < -0.39 is 11.6 Å². The molecule has 1 atom stereocenters. The van der Waals surface area contributed by atoms with E-state index in [0.717, 1.165) is 11.1 Å². The lowest BCUT2D eigenvalue weighted by Crippen LogP contribution is -2.54. The van der Waals surface area contributed by atoms with Gasteiger partial charge in [-0.15, -0.1) is 11.8 Å². The van der Waals surface area contributed by atoms with Gasteiger partial charge in [-0.2, -0.15) is 0 Å². The number of rotatable bonds is 10. The smallest absolute Gasteiger partial charge is 0.243 e. The van der Waals surface area contributed by atoms with Crippen molar-refractivity contribution >= 4 is 70.0 Å². The third kappa shape index (κ3) is 9.10. The number of amides is 2. The zero-order chi connectivity index (χ0) is 27.9. The molecule has 3 aromatic rings. The second-order valence-corrected chi connectivity index (χ2v) is 12.5. The van der Waals surface area contributed by atoms with Crippen molar-refractivity contribution in [1.82, 2.24) is 10.2 Å². The summed E-state index contributed by atoms with van der Waals surface area (Å²) < 4.78 is 0. The fourth-order valence-corrected chi connectivity index (χ4v) is 5.95. The topological polar surface area (TPSA) is 49.4 Å². The Hall–Kier alpha value is -1.89. The van der Waals surface area contributed by atoms with E-state index in [2.05, 4.69) is 5.32 Å². The summed E-state index contributed by atoms with van der Waals surface area (Å²) in [6.07, 6.45) is 0.348. The Morgan fingerprint density at radius 3 is 2.16 bits per heavy atom. The number of nitrogens with one attached hydrogen (secondary N) is 1. The molecule has 3 aromatic carbocycles. The molecule has 0 saturated carbocycles. The first-order chi connectivity index (χ1) is 17.9. The second-order valence-electron chi connectivity index (χ2n) is 9.90. The van der Waals surface area contributed by atoms with Crippen molar-refractivity contribution in [2.45, 2.75) is 51.1 Å². The highest BCUT2D eigenvalue weighted by atomic mass is 35.5. The van der Waals surface area contributed by atoms with Gasteiger partial charge in [0, 0.05) is 44.3 Å². The van der Waals surface area contributed by atoms with Crippen LogP contribution in [0.15, 0.2) is 66.7 Å². The molecular formula is C29H30Cl4N2O2S. The van der Waals surface area contributed by atoms with Crippen molar-refractivity contribution in [2.75, 3.05) is 5.75 Å². The van der Waals surface area contributed by atoms with Gasteiger partial charge < -0.3 is 10.2 Å². The van der Waals surface area contributed by atoms with E-state index in [0.29, 0.717) is 37.8 Å². The predicted molar refractivity (Wildman–Crippen MR) is 161 cm³/mol. The van der Waals surface area contributed by atoms with Crippen LogP contribution in [-0.2, 0) is 28.3 Å². The monoisotopic (exact) mass is 610 g/mol. The number of nitrogens with zero attached hydrogens (tertiary/aromatic N) is 1. The van der Waals surface area contributed by atoms with Crippen LogP contribution in [0.1, 0.15) is 37.5 Å². The molecule has 1 N–H and O–H groups in total. The molecule has 0 spiro atoms. The van der Waals surface area contributed by atoms with Gasteiger partial charge in [0.05, 0.1) is 5.75 Å². The van der Waals surface area contributed by atoms with E-state index in [-0.39, 0.29) is 24.1 Å². The molecule has 202 valence electrons. The SMILES string of the molecule is CC(C)(C)NC(=O)C(Cc1ccccc1)N(Cc1ccc(Cl)cc1Cl)C(=O)CSCc1c(Cl)cccc1Cl. The molecule has 38 heavy (non-hydrogen) atoms. The fourth-order valence-electron chi connectivity index (χ4n) is 3.83. The zero-order valence-corrected chi connectivity index (χ0v) is 25.3. The zero-order valence-electron chi connectivity index (χ0n) is 21.4. The van der Waals surface area contributed by atoms with E-state index >= 15 is 0 Å². The first kappa shape index (κ1) is 30.6. The third-order valence-electron chi connectivity index (χ3n) is 5.66. The largest absolute Gasteiger partial charge is 0.350 e. The minimum absolute atomic E-state index is 0.126. The molecule has 0 aromatic heterocycles. The van der Waals surface area contributed by atoms with Crippen LogP contribution >= 0.6 is 58.2 Å². The summed E-state index contributed by atoms with van der Waals surface area (Å²) in [5.41, 5.74) is 1.93. The van der Waals surface area contributed by atoms with Crippen molar-refractivity contribution in [3.63, 3.8) is 0 Å². The van der Waals surface area contributed by atoms with E-state index in [4.69, 9.17) is 46.4 Å². The Kier molecular flexibility index (Phi) is 11.3.